The average molecular weight is 394 g/mol. The van der Waals surface area contributed by atoms with Gasteiger partial charge in [-0.3, -0.25) is 25.0 Å². The number of nitrogens with zero attached hydrogens (tertiary/aromatic N) is 2. The van der Waals surface area contributed by atoms with E-state index in [0.29, 0.717) is 29.1 Å². The average Bonchev–Trinajstić information content (AvgIpc) is 2.71. The molecule has 3 aromatic rings. The van der Waals surface area contributed by atoms with Crippen LogP contribution >= 0.6 is 0 Å². The molecule has 7 nitrogen and oxygen atoms in total. The van der Waals surface area contributed by atoms with E-state index in [1.54, 1.807) is 18.2 Å². The van der Waals surface area contributed by atoms with E-state index in [4.69, 9.17) is 4.74 Å². The molecule has 0 radical (unpaired) electrons. The molecule has 3 rings (SSSR count). The lowest BCUT2D eigenvalue weighted by Crippen LogP contribution is -2.37. The first-order chi connectivity index (χ1) is 13.9. The van der Waals surface area contributed by atoms with Crippen LogP contribution in [0.25, 0.3) is 10.9 Å². The summed E-state index contributed by atoms with van der Waals surface area (Å²) in [4.78, 5) is 29.3. The Kier molecular flexibility index (Phi) is 6.16. The zero-order valence-electron chi connectivity index (χ0n) is 17.2. The first kappa shape index (κ1) is 20.4. The van der Waals surface area contributed by atoms with Crippen LogP contribution in [0.1, 0.15) is 37.8 Å². The first-order valence-corrected chi connectivity index (χ1v) is 9.68. The Labute approximate surface area is 169 Å². The minimum Gasteiger partial charge on any atom is -0.483 e. The standard InChI is InChI=1S/C22H26N4O3/c1-5-26-21(28)17-8-6-7-9-18(17)23-22(26)25-24-20(27)13-29-19-12-16(14(2)3)11-10-15(19)4/h6-12,14H,5,13H2,1-4H3,(H,23,25)(H,24,27). The molecule has 1 heterocycles. The van der Waals surface area contributed by atoms with Crippen LogP contribution in [0.3, 0.4) is 0 Å². The highest BCUT2D eigenvalue weighted by Crippen LogP contribution is 2.24. The number of fused-ring (bicyclic) bond motifs is 1. The molecule has 0 saturated carbocycles. The number of nitrogens with one attached hydrogen (secondary N) is 2. The van der Waals surface area contributed by atoms with E-state index >= 15 is 0 Å². The monoisotopic (exact) mass is 394 g/mol. The minimum absolute atomic E-state index is 0.153. The number of hydrogen-bond acceptors (Lipinski definition) is 5. The van der Waals surface area contributed by atoms with Gasteiger partial charge >= 0.3 is 0 Å². The van der Waals surface area contributed by atoms with Gasteiger partial charge in [0.15, 0.2) is 6.61 Å². The number of carbonyl (C=O) groups excluding carboxylic acids is 1. The van der Waals surface area contributed by atoms with Crippen molar-refractivity contribution >= 4 is 22.8 Å². The van der Waals surface area contributed by atoms with E-state index in [2.05, 4.69) is 35.7 Å². The lowest BCUT2D eigenvalue weighted by Gasteiger charge is -2.15. The van der Waals surface area contributed by atoms with Crippen molar-refractivity contribution in [2.24, 2.45) is 0 Å². The van der Waals surface area contributed by atoms with Gasteiger partial charge < -0.3 is 4.74 Å². The molecular formula is C22H26N4O3. The fourth-order valence-electron chi connectivity index (χ4n) is 2.99. The van der Waals surface area contributed by atoms with Crippen LogP contribution in [0.4, 0.5) is 5.95 Å². The number of aryl methyl sites for hydroxylation is 1. The first-order valence-electron chi connectivity index (χ1n) is 9.68. The highest BCUT2D eigenvalue weighted by Gasteiger charge is 2.11. The van der Waals surface area contributed by atoms with Crippen molar-refractivity contribution < 1.29 is 9.53 Å². The second kappa shape index (κ2) is 8.77. The normalized spacial score (nSPS) is 10.9. The Morgan fingerprint density at radius 1 is 1.21 bits per heavy atom. The van der Waals surface area contributed by atoms with Crippen molar-refractivity contribution in [1.82, 2.24) is 15.0 Å². The van der Waals surface area contributed by atoms with E-state index in [9.17, 15) is 9.59 Å². The van der Waals surface area contributed by atoms with E-state index in [-0.39, 0.29) is 24.0 Å². The summed E-state index contributed by atoms with van der Waals surface area (Å²) >= 11 is 0. The molecule has 2 N–H and O–H groups in total. The highest BCUT2D eigenvalue weighted by atomic mass is 16.5. The summed E-state index contributed by atoms with van der Waals surface area (Å²) in [7, 11) is 0. The predicted molar refractivity (Wildman–Crippen MR) is 114 cm³/mol. The second-order valence-electron chi connectivity index (χ2n) is 7.14. The van der Waals surface area contributed by atoms with Crippen LogP contribution in [-0.2, 0) is 11.3 Å². The molecule has 152 valence electrons. The molecule has 1 amide bonds. The Morgan fingerprint density at radius 2 is 1.97 bits per heavy atom. The molecule has 0 atom stereocenters. The Bertz CT molecular complexity index is 1090. The maximum absolute atomic E-state index is 12.6. The Hall–Kier alpha value is -3.35. The fourth-order valence-corrected chi connectivity index (χ4v) is 2.99. The van der Waals surface area contributed by atoms with Crippen molar-refractivity contribution in [3.05, 3.63) is 63.9 Å². The summed E-state index contributed by atoms with van der Waals surface area (Å²) in [5.41, 5.74) is 7.83. The lowest BCUT2D eigenvalue weighted by molar-refractivity contribution is -0.122. The highest BCUT2D eigenvalue weighted by molar-refractivity contribution is 5.80. The maximum atomic E-state index is 12.6. The molecule has 0 bridgehead atoms. The summed E-state index contributed by atoms with van der Waals surface area (Å²) < 4.78 is 7.16. The molecular weight excluding hydrogens is 368 g/mol. The number of para-hydroxylation sites is 1. The van der Waals surface area contributed by atoms with Crippen LogP contribution < -0.4 is 21.1 Å². The molecule has 0 saturated heterocycles. The van der Waals surface area contributed by atoms with Crippen LogP contribution in [0.2, 0.25) is 0 Å². The van der Waals surface area contributed by atoms with Gasteiger partial charge in [0.2, 0.25) is 5.95 Å². The van der Waals surface area contributed by atoms with Crippen LogP contribution in [0, 0.1) is 6.92 Å². The Balaban J connectivity index is 1.69. The number of aromatic nitrogens is 2. The van der Waals surface area contributed by atoms with E-state index in [1.165, 1.54) is 4.57 Å². The van der Waals surface area contributed by atoms with E-state index < -0.39 is 0 Å². The number of ether oxygens (including phenoxy) is 1. The number of rotatable bonds is 7. The SMILES string of the molecule is CCn1c(NNC(=O)COc2cc(C(C)C)ccc2C)nc2ccccc2c1=O. The lowest BCUT2D eigenvalue weighted by atomic mass is 10.0. The van der Waals surface area contributed by atoms with Gasteiger partial charge in [0.05, 0.1) is 10.9 Å². The number of benzene rings is 2. The molecule has 0 aliphatic rings. The van der Waals surface area contributed by atoms with Gasteiger partial charge in [-0.25, -0.2) is 4.98 Å². The largest absolute Gasteiger partial charge is 0.483 e. The molecule has 0 fully saturated rings. The molecule has 2 aromatic carbocycles. The number of hydrazine groups is 1. The third-order valence-electron chi connectivity index (χ3n) is 4.73. The van der Waals surface area contributed by atoms with E-state index in [0.717, 1.165) is 11.1 Å². The molecule has 0 aliphatic carbocycles. The number of anilines is 1. The summed E-state index contributed by atoms with van der Waals surface area (Å²) in [5, 5.41) is 0.537. The predicted octanol–water partition coefficient (Wildman–Crippen LogP) is 3.37. The van der Waals surface area contributed by atoms with Crippen molar-refractivity contribution in [2.45, 2.75) is 40.2 Å². The zero-order chi connectivity index (χ0) is 21.0. The second-order valence-corrected chi connectivity index (χ2v) is 7.14. The zero-order valence-corrected chi connectivity index (χ0v) is 17.2. The smallest absolute Gasteiger partial charge is 0.276 e. The molecule has 0 aliphatic heterocycles. The van der Waals surface area contributed by atoms with Crippen molar-refractivity contribution in [2.75, 3.05) is 12.0 Å². The molecule has 0 spiro atoms. The van der Waals surface area contributed by atoms with Crippen molar-refractivity contribution in [3.8, 4) is 5.75 Å². The van der Waals surface area contributed by atoms with Gasteiger partial charge in [0.25, 0.3) is 11.5 Å². The number of amides is 1. The van der Waals surface area contributed by atoms with Crippen molar-refractivity contribution in [1.29, 1.82) is 0 Å². The van der Waals surface area contributed by atoms with Crippen molar-refractivity contribution in [3.63, 3.8) is 0 Å². The van der Waals surface area contributed by atoms with Gasteiger partial charge in [-0.05, 0) is 49.1 Å². The molecule has 0 unspecified atom stereocenters. The quantitative estimate of drug-likeness (QED) is 0.600. The third kappa shape index (κ3) is 4.56. The fraction of sp³-hybridized carbons (Fsp3) is 0.318. The molecule has 1 aromatic heterocycles. The van der Waals surface area contributed by atoms with Gasteiger partial charge in [0.1, 0.15) is 5.75 Å². The maximum Gasteiger partial charge on any atom is 0.276 e. The molecule has 7 heteroatoms. The van der Waals surface area contributed by atoms with E-state index in [1.807, 2.05) is 32.0 Å². The van der Waals surface area contributed by atoms with Gasteiger partial charge in [-0.2, -0.15) is 0 Å². The number of carbonyl (C=O) groups is 1. The van der Waals surface area contributed by atoms with Gasteiger partial charge in [0, 0.05) is 6.54 Å². The minimum atomic E-state index is -0.371. The summed E-state index contributed by atoms with van der Waals surface area (Å²) in [5.74, 6) is 0.964. The van der Waals surface area contributed by atoms with Crippen LogP contribution in [-0.4, -0.2) is 22.1 Å². The Morgan fingerprint density at radius 3 is 2.69 bits per heavy atom. The molecule has 29 heavy (non-hydrogen) atoms. The van der Waals surface area contributed by atoms with Gasteiger partial charge in [-0.15, -0.1) is 0 Å². The summed E-state index contributed by atoms with van der Waals surface area (Å²) in [6, 6.07) is 13.1. The third-order valence-corrected chi connectivity index (χ3v) is 4.73. The van der Waals surface area contributed by atoms with Crippen LogP contribution in [0.15, 0.2) is 47.3 Å². The van der Waals surface area contributed by atoms with Gasteiger partial charge in [-0.1, -0.05) is 38.1 Å². The number of hydrogen-bond donors (Lipinski definition) is 2. The summed E-state index contributed by atoms with van der Waals surface area (Å²) in [6.45, 7) is 8.27. The summed E-state index contributed by atoms with van der Waals surface area (Å²) in [6.07, 6.45) is 0. The van der Waals surface area contributed by atoms with Crippen LogP contribution in [0.5, 0.6) is 5.75 Å². The topological polar surface area (TPSA) is 85.2 Å².